The van der Waals surface area contributed by atoms with E-state index in [-0.39, 0.29) is 25.9 Å². The average Bonchev–Trinajstić information content (AvgIpc) is 3.35. The number of carbonyl (C=O) groups excluding carboxylic acids is 3. The number of ether oxygens (including phenoxy) is 3. The van der Waals surface area contributed by atoms with Crippen LogP contribution in [0.3, 0.4) is 0 Å². The molecule has 3 unspecified atom stereocenters. The number of aliphatic hydroxyl groups excluding tert-OH is 1. The van der Waals surface area contributed by atoms with Crippen LogP contribution in [0, 0.1) is 0 Å². The Labute approximate surface area is 428 Å². The van der Waals surface area contributed by atoms with E-state index in [1.54, 1.807) is 0 Å². The van der Waals surface area contributed by atoms with Crippen molar-refractivity contribution in [1.82, 2.24) is 0 Å². The van der Waals surface area contributed by atoms with Gasteiger partial charge in [-0.05, 0) is 44.9 Å². The van der Waals surface area contributed by atoms with Crippen LogP contribution in [0.25, 0.3) is 0 Å². The predicted octanol–water partition coefficient (Wildman–Crippen LogP) is 16.6. The van der Waals surface area contributed by atoms with Crippen molar-refractivity contribution in [3.8, 4) is 0 Å². The SMILES string of the molecule is CC/C=C\C/C=C\C/C=C\C/C=C\CCC(=O)OC(CO)COP(=O)(O)OCC(COC(=O)CCCCCCCCCCCCCCC)OC(=O)CCCCCCCCCCCCCCCCCCC. The first kappa shape index (κ1) is 67.4. The second kappa shape index (κ2) is 52.8. The summed E-state index contributed by atoms with van der Waals surface area (Å²) in [5.41, 5.74) is 0. The van der Waals surface area contributed by atoms with Gasteiger partial charge >= 0.3 is 25.7 Å². The van der Waals surface area contributed by atoms with Gasteiger partial charge in [0.15, 0.2) is 6.10 Å². The predicted molar refractivity (Wildman–Crippen MR) is 289 cm³/mol. The Bertz CT molecular complexity index is 1360. The maximum absolute atomic E-state index is 12.9. The van der Waals surface area contributed by atoms with E-state index in [0.29, 0.717) is 19.3 Å². The summed E-state index contributed by atoms with van der Waals surface area (Å²) in [5, 5.41) is 9.78. The second-order valence-electron chi connectivity index (χ2n) is 19.1. The van der Waals surface area contributed by atoms with Gasteiger partial charge < -0.3 is 24.2 Å². The van der Waals surface area contributed by atoms with E-state index in [0.717, 1.165) is 64.2 Å². The zero-order valence-corrected chi connectivity index (χ0v) is 45.9. The lowest BCUT2D eigenvalue weighted by Crippen LogP contribution is -2.30. The van der Waals surface area contributed by atoms with Crippen LogP contribution in [-0.2, 0) is 42.2 Å². The lowest BCUT2D eigenvalue weighted by molar-refractivity contribution is -0.161. The summed E-state index contributed by atoms with van der Waals surface area (Å²) in [6.45, 7) is 4.48. The highest BCUT2D eigenvalue weighted by atomic mass is 31.2. The molecule has 0 aliphatic heterocycles. The molecule has 0 spiro atoms. The minimum atomic E-state index is -4.76. The zero-order valence-electron chi connectivity index (χ0n) is 45.0. The third-order valence-electron chi connectivity index (χ3n) is 12.3. The third kappa shape index (κ3) is 50.4. The minimum Gasteiger partial charge on any atom is -0.462 e. The molecule has 0 aromatic rings. The Morgan fingerprint density at radius 2 is 0.743 bits per heavy atom. The highest BCUT2D eigenvalue weighted by Gasteiger charge is 2.28. The van der Waals surface area contributed by atoms with Crippen molar-refractivity contribution in [2.45, 2.75) is 277 Å². The molecule has 2 N–H and O–H groups in total. The number of unbranched alkanes of at least 4 members (excludes halogenated alkanes) is 28. The highest BCUT2D eigenvalue weighted by molar-refractivity contribution is 7.47. The summed E-state index contributed by atoms with van der Waals surface area (Å²) >= 11 is 0. The van der Waals surface area contributed by atoms with E-state index in [1.165, 1.54) is 141 Å². The molecule has 0 aliphatic carbocycles. The van der Waals surface area contributed by atoms with Gasteiger partial charge in [-0.25, -0.2) is 4.57 Å². The van der Waals surface area contributed by atoms with Crippen LogP contribution in [0.4, 0.5) is 0 Å². The highest BCUT2D eigenvalue weighted by Crippen LogP contribution is 2.43. The number of hydrogen-bond acceptors (Lipinski definition) is 10. The first-order valence-corrected chi connectivity index (χ1v) is 30.0. The van der Waals surface area contributed by atoms with Gasteiger partial charge in [-0.3, -0.25) is 23.4 Å². The lowest BCUT2D eigenvalue weighted by atomic mass is 10.0. The quantitative estimate of drug-likeness (QED) is 0.0197. The average molecular weight is 1010 g/mol. The molecular weight excluding hydrogens is 904 g/mol. The lowest BCUT2D eigenvalue weighted by Gasteiger charge is -2.21. The van der Waals surface area contributed by atoms with E-state index in [9.17, 15) is 28.9 Å². The Balaban J connectivity index is 4.74. The summed E-state index contributed by atoms with van der Waals surface area (Å²) < 4.78 is 39.4. The summed E-state index contributed by atoms with van der Waals surface area (Å²) in [4.78, 5) is 48.4. The molecule has 0 saturated heterocycles. The van der Waals surface area contributed by atoms with Crippen LogP contribution in [-0.4, -0.2) is 66.5 Å². The molecule has 0 heterocycles. The number of carbonyl (C=O) groups is 3. The summed E-state index contributed by atoms with van der Waals surface area (Å²) in [6, 6.07) is 0. The molecule has 0 bridgehead atoms. The standard InChI is InChI=1S/C58H105O11P/c1-4-7-10-13-16-19-22-25-26-27-28-31-34-37-40-43-46-49-58(62)69-55(51-65-56(60)47-44-41-38-35-32-29-23-20-17-14-11-8-5-2)53-67-70(63,64)66-52-54(50-59)68-57(61)48-45-42-39-36-33-30-24-21-18-15-12-9-6-3/h9,12,18,21,30,33,39,42,54-55,59H,4-8,10-11,13-17,19-20,22-29,31-32,34-38,40-41,43-53H2,1-3H3,(H,63,64)/b12-9-,21-18-,33-30-,42-39-. The van der Waals surface area contributed by atoms with Gasteiger partial charge in [0.25, 0.3) is 0 Å². The van der Waals surface area contributed by atoms with Crippen molar-refractivity contribution >= 4 is 25.7 Å². The van der Waals surface area contributed by atoms with Crippen LogP contribution in [0.1, 0.15) is 265 Å². The molecule has 0 radical (unpaired) electrons. The molecule has 0 rings (SSSR count). The van der Waals surface area contributed by atoms with Gasteiger partial charge in [-0.15, -0.1) is 0 Å². The van der Waals surface area contributed by atoms with Gasteiger partial charge in [0.05, 0.1) is 19.8 Å². The maximum Gasteiger partial charge on any atom is 0.472 e. The number of aliphatic hydroxyl groups is 1. The molecule has 0 aromatic carbocycles. The van der Waals surface area contributed by atoms with Crippen LogP contribution in [0.2, 0.25) is 0 Å². The topological polar surface area (TPSA) is 155 Å². The number of rotatable bonds is 53. The van der Waals surface area contributed by atoms with Crippen LogP contribution < -0.4 is 0 Å². The number of phosphoric acid groups is 1. The van der Waals surface area contributed by atoms with Crippen molar-refractivity contribution in [3.63, 3.8) is 0 Å². The molecule has 12 heteroatoms. The summed E-state index contributed by atoms with van der Waals surface area (Å²) in [7, 11) is -4.76. The Hall–Kier alpha value is -2.56. The molecule has 0 fully saturated rings. The Morgan fingerprint density at radius 3 is 1.14 bits per heavy atom. The van der Waals surface area contributed by atoms with E-state index >= 15 is 0 Å². The molecule has 70 heavy (non-hydrogen) atoms. The van der Waals surface area contributed by atoms with Crippen LogP contribution in [0.15, 0.2) is 48.6 Å². The first-order valence-electron chi connectivity index (χ1n) is 28.5. The van der Waals surface area contributed by atoms with E-state index in [1.807, 2.05) is 12.2 Å². The second-order valence-corrected chi connectivity index (χ2v) is 20.5. The van der Waals surface area contributed by atoms with Gasteiger partial charge in [0.2, 0.25) is 0 Å². The number of phosphoric ester groups is 1. The molecule has 0 aromatic heterocycles. The van der Waals surface area contributed by atoms with E-state index < -0.39 is 57.8 Å². The number of esters is 3. The fraction of sp³-hybridized carbons (Fsp3) is 0.810. The minimum absolute atomic E-state index is 0.0582. The Morgan fingerprint density at radius 1 is 0.414 bits per heavy atom. The fourth-order valence-electron chi connectivity index (χ4n) is 7.96. The smallest absolute Gasteiger partial charge is 0.462 e. The summed E-state index contributed by atoms with van der Waals surface area (Å²) in [5.74, 6) is -1.53. The van der Waals surface area contributed by atoms with Gasteiger partial charge in [-0.1, -0.05) is 249 Å². The maximum atomic E-state index is 12.9. The first-order chi connectivity index (χ1) is 34.2. The molecular formula is C58H105O11P. The molecule has 408 valence electrons. The van der Waals surface area contributed by atoms with Gasteiger partial charge in [0.1, 0.15) is 12.7 Å². The monoisotopic (exact) mass is 1010 g/mol. The third-order valence-corrected chi connectivity index (χ3v) is 13.2. The van der Waals surface area contributed by atoms with Crippen molar-refractivity contribution in [1.29, 1.82) is 0 Å². The normalized spacial score (nSPS) is 13.7. The van der Waals surface area contributed by atoms with E-state index in [4.69, 9.17) is 23.3 Å². The number of allylic oxidation sites excluding steroid dienone is 8. The zero-order chi connectivity index (χ0) is 51.3. The van der Waals surface area contributed by atoms with E-state index in [2.05, 4.69) is 57.2 Å². The number of hydrogen-bond donors (Lipinski definition) is 2. The molecule has 0 saturated carbocycles. The summed E-state index contributed by atoms with van der Waals surface area (Å²) in [6.07, 6.45) is 55.2. The molecule has 3 atom stereocenters. The van der Waals surface area contributed by atoms with Crippen molar-refractivity contribution in [2.24, 2.45) is 0 Å². The van der Waals surface area contributed by atoms with Gasteiger partial charge in [0, 0.05) is 19.3 Å². The van der Waals surface area contributed by atoms with Crippen molar-refractivity contribution < 1.29 is 52.2 Å². The van der Waals surface area contributed by atoms with Crippen molar-refractivity contribution in [3.05, 3.63) is 48.6 Å². The largest absolute Gasteiger partial charge is 0.472 e. The fourth-order valence-corrected chi connectivity index (χ4v) is 8.74. The molecule has 0 amide bonds. The van der Waals surface area contributed by atoms with Gasteiger partial charge in [-0.2, -0.15) is 0 Å². The van der Waals surface area contributed by atoms with Crippen LogP contribution >= 0.6 is 7.82 Å². The molecule has 11 nitrogen and oxygen atoms in total. The molecule has 0 aliphatic rings. The Kier molecular flexibility index (Phi) is 50.8. The van der Waals surface area contributed by atoms with Crippen molar-refractivity contribution in [2.75, 3.05) is 26.4 Å². The van der Waals surface area contributed by atoms with Crippen LogP contribution in [0.5, 0.6) is 0 Å².